The number of carbonyl (C=O) groups is 1. The van der Waals surface area contributed by atoms with Gasteiger partial charge < -0.3 is 9.47 Å². The molecule has 2 atom stereocenters. The van der Waals surface area contributed by atoms with Crippen LogP contribution in [-0.2, 0) is 4.74 Å². The molecule has 1 saturated heterocycles. The molecule has 1 aliphatic rings. The first kappa shape index (κ1) is 12.8. The van der Waals surface area contributed by atoms with E-state index in [2.05, 4.69) is 22.6 Å². The van der Waals surface area contributed by atoms with E-state index in [-0.39, 0.29) is 17.8 Å². The molecule has 1 aliphatic heterocycles. The number of hydrogen-bond acceptors (Lipinski definition) is 3. The summed E-state index contributed by atoms with van der Waals surface area (Å²) in [5.74, 6) is 0.738. The van der Waals surface area contributed by atoms with Crippen LogP contribution >= 0.6 is 22.6 Å². The average molecular weight is 346 g/mol. The summed E-state index contributed by atoms with van der Waals surface area (Å²) in [6.07, 6.45) is 0.805. The molecule has 0 bridgehead atoms. The van der Waals surface area contributed by atoms with E-state index in [1.54, 1.807) is 7.11 Å². The van der Waals surface area contributed by atoms with Crippen molar-refractivity contribution in [3.05, 3.63) is 27.3 Å². The number of ether oxygens (including phenoxy) is 2. The molecule has 0 amide bonds. The van der Waals surface area contributed by atoms with Gasteiger partial charge in [-0.25, -0.2) is 0 Å². The predicted octanol–water partition coefficient (Wildman–Crippen LogP) is 2.91. The lowest BCUT2D eigenvalue weighted by molar-refractivity contribution is 0.0762. The molecule has 0 aromatic heterocycles. The van der Waals surface area contributed by atoms with Crippen molar-refractivity contribution >= 4 is 28.4 Å². The van der Waals surface area contributed by atoms with Crippen LogP contribution in [0.1, 0.15) is 23.7 Å². The van der Waals surface area contributed by atoms with E-state index in [4.69, 9.17) is 9.47 Å². The van der Waals surface area contributed by atoms with Gasteiger partial charge in [-0.15, -0.1) is 0 Å². The predicted molar refractivity (Wildman–Crippen MR) is 73.6 cm³/mol. The molecule has 4 heteroatoms. The maximum Gasteiger partial charge on any atom is 0.172 e. The maximum absolute atomic E-state index is 12.4. The summed E-state index contributed by atoms with van der Waals surface area (Å²) in [5, 5.41) is 0. The molecule has 17 heavy (non-hydrogen) atoms. The van der Waals surface area contributed by atoms with Crippen molar-refractivity contribution in [3.8, 4) is 5.75 Å². The first-order valence-corrected chi connectivity index (χ1v) is 6.70. The second-order valence-electron chi connectivity index (χ2n) is 4.18. The Kier molecular flexibility index (Phi) is 4.04. The molecule has 2 rings (SSSR count). The minimum atomic E-state index is -0.0397. The molecule has 0 aliphatic carbocycles. The van der Waals surface area contributed by atoms with E-state index in [0.29, 0.717) is 17.9 Å². The Morgan fingerprint density at radius 2 is 2.29 bits per heavy atom. The van der Waals surface area contributed by atoms with Gasteiger partial charge in [-0.2, -0.15) is 0 Å². The molecule has 1 aromatic rings. The highest BCUT2D eigenvalue weighted by atomic mass is 127. The summed E-state index contributed by atoms with van der Waals surface area (Å²) < 4.78 is 11.7. The van der Waals surface area contributed by atoms with E-state index in [0.717, 1.165) is 9.99 Å². The average Bonchev–Trinajstić information content (AvgIpc) is 2.74. The number of ketones is 1. The molecule has 1 fully saturated rings. The van der Waals surface area contributed by atoms with Crippen LogP contribution in [-0.4, -0.2) is 25.6 Å². The minimum absolute atomic E-state index is 0.00470. The van der Waals surface area contributed by atoms with Crippen molar-refractivity contribution in [2.24, 2.45) is 5.92 Å². The number of halogens is 1. The Morgan fingerprint density at radius 3 is 2.88 bits per heavy atom. The van der Waals surface area contributed by atoms with E-state index < -0.39 is 0 Å². The maximum atomic E-state index is 12.4. The summed E-state index contributed by atoms with van der Waals surface area (Å²) in [4.78, 5) is 12.4. The zero-order valence-electron chi connectivity index (χ0n) is 9.90. The van der Waals surface area contributed by atoms with Gasteiger partial charge in [0.2, 0.25) is 0 Å². The standard InChI is InChI=1S/C13H15IO3/c1-8-10(5-6-17-8)13(15)11-7-9(14)3-4-12(11)16-2/h3-4,7-8,10H,5-6H2,1-2H3. The third-order valence-corrected chi connectivity index (χ3v) is 3.81. The number of carbonyl (C=O) groups excluding carboxylic acids is 1. The van der Waals surface area contributed by atoms with Crippen molar-refractivity contribution in [2.75, 3.05) is 13.7 Å². The van der Waals surface area contributed by atoms with Gasteiger partial charge in [-0.1, -0.05) is 0 Å². The van der Waals surface area contributed by atoms with Crippen LogP contribution in [0.4, 0.5) is 0 Å². The van der Waals surface area contributed by atoms with Crippen molar-refractivity contribution in [2.45, 2.75) is 19.4 Å². The molecular weight excluding hydrogens is 331 g/mol. The molecule has 0 N–H and O–H groups in total. The molecule has 0 spiro atoms. The lowest BCUT2D eigenvalue weighted by Gasteiger charge is -2.15. The summed E-state index contributed by atoms with van der Waals surface area (Å²) in [6, 6.07) is 5.66. The highest BCUT2D eigenvalue weighted by Crippen LogP contribution is 2.29. The van der Waals surface area contributed by atoms with Gasteiger partial charge in [-0.05, 0) is 54.1 Å². The Hall–Kier alpha value is -0.620. The van der Waals surface area contributed by atoms with Crippen molar-refractivity contribution < 1.29 is 14.3 Å². The van der Waals surface area contributed by atoms with Crippen LogP contribution in [0.2, 0.25) is 0 Å². The van der Waals surface area contributed by atoms with Crippen LogP contribution < -0.4 is 4.74 Å². The highest BCUT2D eigenvalue weighted by molar-refractivity contribution is 14.1. The third-order valence-electron chi connectivity index (χ3n) is 3.14. The van der Waals surface area contributed by atoms with Gasteiger partial charge in [0.05, 0.1) is 24.7 Å². The minimum Gasteiger partial charge on any atom is -0.496 e. The second-order valence-corrected chi connectivity index (χ2v) is 5.43. The summed E-state index contributed by atoms with van der Waals surface area (Å²) in [5.41, 5.74) is 0.668. The zero-order valence-corrected chi connectivity index (χ0v) is 12.1. The highest BCUT2D eigenvalue weighted by Gasteiger charge is 2.32. The van der Waals surface area contributed by atoms with Crippen molar-refractivity contribution in [3.63, 3.8) is 0 Å². The number of Topliss-reactive ketones (excluding diaryl/α,β-unsaturated/α-hetero) is 1. The largest absolute Gasteiger partial charge is 0.496 e. The smallest absolute Gasteiger partial charge is 0.172 e. The van der Waals surface area contributed by atoms with Crippen LogP contribution in [0.3, 0.4) is 0 Å². The molecule has 0 radical (unpaired) electrons. The number of methoxy groups -OCH3 is 1. The summed E-state index contributed by atoms with van der Waals surface area (Å²) >= 11 is 2.20. The molecular formula is C13H15IO3. The van der Waals surface area contributed by atoms with E-state index >= 15 is 0 Å². The third kappa shape index (κ3) is 2.63. The Bertz CT molecular complexity index is 431. The summed E-state index contributed by atoms with van der Waals surface area (Å²) in [7, 11) is 1.59. The Balaban J connectivity index is 2.32. The van der Waals surface area contributed by atoms with Gasteiger partial charge in [0.1, 0.15) is 5.75 Å². The fourth-order valence-corrected chi connectivity index (χ4v) is 2.64. The van der Waals surface area contributed by atoms with Crippen LogP contribution in [0.15, 0.2) is 18.2 Å². The van der Waals surface area contributed by atoms with Gasteiger partial charge in [0.25, 0.3) is 0 Å². The van der Waals surface area contributed by atoms with Gasteiger partial charge in [0, 0.05) is 10.2 Å². The van der Waals surface area contributed by atoms with Crippen LogP contribution in [0.25, 0.3) is 0 Å². The molecule has 92 valence electrons. The van der Waals surface area contributed by atoms with Gasteiger partial charge in [-0.3, -0.25) is 4.79 Å². The van der Waals surface area contributed by atoms with E-state index in [9.17, 15) is 4.79 Å². The number of hydrogen-bond donors (Lipinski definition) is 0. The molecule has 1 heterocycles. The zero-order chi connectivity index (χ0) is 12.4. The fourth-order valence-electron chi connectivity index (χ4n) is 2.15. The topological polar surface area (TPSA) is 35.5 Å². The summed E-state index contributed by atoms with van der Waals surface area (Å²) in [6.45, 7) is 2.62. The van der Waals surface area contributed by atoms with Crippen LogP contribution in [0, 0.1) is 9.49 Å². The van der Waals surface area contributed by atoms with Crippen molar-refractivity contribution in [1.29, 1.82) is 0 Å². The second kappa shape index (κ2) is 5.35. The Labute approximate surface area is 115 Å². The quantitative estimate of drug-likeness (QED) is 0.624. The van der Waals surface area contributed by atoms with E-state index in [1.165, 1.54) is 0 Å². The molecule has 0 saturated carbocycles. The van der Waals surface area contributed by atoms with Gasteiger partial charge >= 0.3 is 0 Å². The lowest BCUT2D eigenvalue weighted by atomic mass is 9.92. The van der Waals surface area contributed by atoms with Crippen LogP contribution in [0.5, 0.6) is 5.75 Å². The fraction of sp³-hybridized carbons (Fsp3) is 0.462. The Morgan fingerprint density at radius 1 is 1.53 bits per heavy atom. The molecule has 2 unspecified atom stereocenters. The first-order chi connectivity index (χ1) is 8.13. The lowest BCUT2D eigenvalue weighted by Crippen LogP contribution is -2.22. The molecule has 3 nitrogen and oxygen atoms in total. The van der Waals surface area contributed by atoms with Crippen molar-refractivity contribution in [1.82, 2.24) is 0 Å². The SMILES string of the molecule is COc1ccc(I)cc1C(=O)C1CCOC1C. The van der Waals surface area contributed by atoms with Gasteiger partial charge in [0.15, 0.2) is 5.78 Å². The van der Waals surface area contributed by atoms with E-state index in [1.807, 2.05) is 25.1 Å². The molecule has 1 aromatic carbocycles. The number of rotatable bonds is 3. The normalized spacial score (nSPS) is 23.7. The monoisotopic (exact) mass is 346 g/mol. The first-order valence-electron chi connectivity index (χ1n) is 5.63. The number of benzene rings is 1.